The number of hydrogen-bond acceptors (Lipinski definition) is 2. The average molecular weight is 406 g/mol. The molecule has 4 bridgehead atoms. The number of rotatable bonds is 5. The third-order valence-electron chi connectivity index (χ3n) is 6.62. The van der Waals surface area contributed by atoms with E-state index < -0.39 is 0 Å². The fraction of sp³-hybridized carbons (Fsp3) is 0.667. The van der Waals surface area contributed by atoms with Gasteiger partial charge in [-0.15, -0.1) is 0 Å². The Kier molecular flexibility index (Phi) is 4.38. The number of alkyl halides is 1. The molecule has 4 aliphatic carbocycles. The van der Waals surface area contributed by atoms with Crippen LogP contribution >= 0.6 is 15.9 Å². The minimum atomic E-state index is 0.243. The molecular weight excluding hydrogens is 378 g/mol. The van der Waals surface area contributed by atoms with Gasteiger partial charge in [0.25, 0.3) is 0 Å². The van der Waals surface area contributed by atoms with Crippen molar-refractivity contribution in [3.63, 3.8) is 0 Å². The van der Waals surface area contributed by atoms with E-state index in [1.165, 1.54) is 38.5 Å². The van der Waals surface area contributed by atoms with Gasteiger partial charge >= 0.3 is 0 Å². The van der Waals surface area contributed by atoms with Gasteiger partial charge in [0.2, 0.25) is 5.91 Å². The molecule has 0 aliphatic heterocycles. The lowest BCUT2D eigenvalue weighted by Crippen LogP contribution is -2.54. The standard InChI is InChI=1S/C21H28BrNO2/c1-23(13-15-4-3-5-18(7-15)25-2)19(24)12-20-8-16-6-17(9-20)11-21(22,10-16)14-20/h3-5,7,16-17H,6,8-14H2,1-2H3. The second-order valence-corrected chi connectivity index (χ2v) is 10.6. The fourth-order valence-electron chi connectivity index (χ4n) is 6.13. The number of amides is 1. The molecule has 0 heterocycles. The van der Waals surface area contributed by atoms with Gasteiger partial charge in [0.05, 0.1) is 7.11 Å². The summed E-state index contributed by atoms with van der Waals surface area (Å²) in [5.74, 6) is 2.80. The Labute approximate surface area is 159 Å². The van der Waals surface area contributed by atoms with Crippen LogP contribution in [0, 0.1) is 17.3 Å². The number of carbonyl (C=O) groups excluding carboxylic acids is 1. The molecule has 5 rings (SSSR count). The van der Waals surface area contributed by atoms with Crippen LogP contribution in [0.4, 0.5) is 0 Å². The molecule has 1 amide bonds. The Morgan fingerprint density at radius 2 is 2.00 bits per heavy atom. The van der Waals surface area contributed by atoms with E-state index in [2.05, 4.69) is 22.0 Å². The second-order valence-electron chi connectivity index (χ2n) is 8.89. The first kappa shape index (κ1) is 17.4. The number of methoxy groups -OCH3 is 1. The highest BCUT2D eigenvalue weighted by Crippen LogP contribution is 2.65. The number of hydrogen-bond donors (Lipinski definition) is 0. The summed E-state index contributed by atoms with van der Waals surface area (Å²) in [6, 6.07) is 8.00. The maximum atomic E-state index is 13.0. The molecule has 4 fully saturated rings. The van der Waals surface area contributed by atoms with Crippen LogP contribution in [0.2, 0.25) is 0 Å². The Morgan fingerprint density at radius 1 is 1.28 bits per heavy atom. The summed E-state index contributed by atoms with van der Waals surface area (Å²) in [4.78, 5) is 14.9. The Morgan fingerprint density at radius 3 is 2.64 bits per heavy atom. The molecule has 25 heavy (non-hydrogen) atoms. The highest BCUT2D eigenvalue weighted by Gasteiger charge is 2.57. The zero-order valence-corrected chi connectivity index (χ0v) is 16.8. The van der Waals surface area contributed by atoms with Crippen LogP contribution in [-0.2, 0) is 11.3 Å². The summed E-state index contributed by atoms with van der Waals surface area (Å²) < 4.78 is 5.61. The van der Waals surface area contributed by atoms with Crippen LogP contribution < -0.4 is 4.74 Å². The van der Waals surface area contributed by atoms with E-state index in [0.29, 0.717) is 23.2 Å². The predicted octanol–water partition coefficient (Wildman–Crippen LogP) is 4.78. The third kappa shape index (κ3) is 3.47. The van der Waals surface area contributed by atoms with E-state index in [0.717, 1.165) is 23.1 Å². The number of benzene rings is 1. The lowest BCUT2D eigenvalue weighted by molar-refractivity contribution is -0.137. The van der Waals surface area contributed by atoms with Gasteiger partial charge in [-0.05, 0) is 73.5 Å². The van der Waals surface area contributed by atoms with Crippen LogP contribution in [0.25, 0.3) is 0 Å². The molecule has 1 aromatic rings. The van der Waals surface area contributed by atoms with Crippen LogP contribution in [0.1, 0.15) is 50.5 Å². The van der Waals surface area contributed by atoms with Crippen molar-refractivity contribution in [1.82, 2.24) is 4.90 Å². The molecule has 0 aromatic heterocycles. The van der Waals surface area contributed by atoms with Crippen molar-refractivity contribution in [2.24, 2.45) is 17.3 Å². The van der Waals surface area contributed by atoms with Gasteiger partial charge in [-0.2, -0.15) is 0 Å². The number of nitrogens with zero attached hydrogens (tertiary/aromatic N) is 1. The molecule has 4 saturated carbocycles. The van der Waals surface area contributed by atoms with Crippen molar-refractivity contribution in [3.05, 3.63) is 29.8 Å². The normalized spacial score (nSPS) is 35.6. The van der Waals surface area contributed by atoms with Crippen LogP contribution in [0.3, 0.4) is 0 Å². The minimum absolute atomic E-state index is 0.243. The van der Waals surface area contributed by atoms with Gasteiger partial charge < -0.3 is 9.64 Å². The summed E-state index contributed by atoms with van der Waals surface area (Å²) >= 11 is 4.05. The summed E-state index contributed by atoms with van der Waals surface area (Å²) in [5, 5.41) is 0. The van der Waals surface area contributed by atoms with Gasteiger partial charge in [0.1, 0.15) is 5.75 Å². The molecule has 4 aliphatic rings. The zero-order valence-electron chi connectivity index (χ0n) is 15.3. The maximum absolute atomic E-state index is 13.0. The first-order chi connectivity index (χ1) is 11.9. The maximum Gasteiger partial charge on any atom is 0.223 e. The van der Waals surface area contributed by atoms with Crippen molar-refractivity contribution in [2.75, 3.05) is 14.2 Å². The quantitative estimate of drug-likeness (QED) is 0.659. The fourth-order valence-corrected chi connectivity index (χ4v) is 7.64. The summed E-state index contributed by atoms with van der Waals surface area (Å²) in [7, 11) is 3.61. The molecular formula is C21H28BrNO2. The van der Waals surface area contributed by atoms with E-state index in [1.54, 1.807) is 7.11 Å². The lowest BCUT2D eigenvalue weighted by atomic mass is 9.48. The first-order valence-electron chi connectivity index (χ1n) is 9.45. The van der Waals surface area contributed by atoms with Crippen molar-refractivity contribution >= 4 is 21.8 Å². The van der Waals surface area contributed by atoms with Crippen LogP contribution in [0.15, 0.2) is 24.3 Å². The molecule has 0 saturated heterocycles. The highest BCUT2D eigenvalue weighted by atomic mass is 79.9. The summed E-state index contributed by atoms with van der Waals surface area (Å²) in [5.41, 5.74) is 1.37. The first-order valence-corrected chi connectivity index (χ1v) is 10.2. The summed E-state index contributed by atoms with van der Waals surface area (Å²) in [6.45, 7) is 0.651. The average Bonchev–Trinajstić information content (AvgIpc) is 2.52. The van der Waals surface area contributed by atoms with Gasteiger partial charge in [0, 0.05) is 24.3 Å². The molecule has 2 atom stereocenters. The van der Waals surface area contributed by atoms with Crippen molar-refractivity contribution < 1.29 is 9.53 Å². The van der Waals surface area contributed by atoms with Crippen LogP contribution in [-0.4, -0.2) is 29.3 Å². The van der Waals surface area contributed by atoms with Gasteiger partial charge in [0.15, 0.2) is 0 Å². The smallest absolute Gasteiger partial charge is 0.223 e. The van der Waals surface area contributed by atoms with Gasteiger partial charge in [-0.25, -0.2) is 0 Å². The Balaban J connectivity index is 1.43. The second kappa shape index (κ2) is 6.29. The molecule has 0 radical (unpaired) electrons. The monoisotopic (exact) mass is 405 g/mol. The van der Waals surface area contributed by atoms with E-state index in [1.807, 2.05) is 30.1 Å². The number of carbonyl (C=O) groups is 1. The lowest BCUT2D eigenvalue weighted by Gasteiger charge is -2.60. The van der Waals surface area contributed by atoms with Crippen LogP contribution in [0.5, 0.6) is 5.75 Å². The van der Waals surface area contributed by atoms with Gasteiger partial charge in [-0.3, -0.25) is 4.79 Å². The number of ether oxygens (including phenoxy) is 1. The zero-order chi connectivity index (χ0) is 17.7. The van der Waals surface area contributed by atoms with Crippen molar-refractivity contribution in [2.45, 2.75) is 55.8 Å². The molecule has 136 valence electrons. The minimum Gasteiger partial charge on any atom is -0.497 e. The highest BCUT2D eigenvalue weighted by molar-refractivity contribution is 9.10. The molecule has 2 unspecified atom stereocenters. The Bertz CT molecular complexity index is 660. The topological polar surface area (TPSA) is 29.5 Å². The van der Waals surface area contributed by atoms with E-state index in [-0.39, 0.29) is 5.41 Å². The van der Waals surface area contributed by atoms with Gasteiger partial charge in [-0.1, -0.05) is 28.1 Å². The van der Waals surface area contributed by atoms with E-state index in [4.69, 9.17) is 4.74 Å². The molecule has 1 aromatic carbocycles. The predicted molar refractivity (Wildman–Crippen MR) is 103 cm³/mol. The molecule has 4 heteroatoms. The molecule has 3 nitrogen and oxygen atoms in total. The number of halogens is 1. The van der Waals surface area contributed by atoms with Crippen molar-refractivity contribution in [1.29, 1.82) is 0 Å². The summed E-state index contributed by atoms with van der Waals surface area (Å²) in [6.07, 6.45) is 8.45. The Hall–Kier alpha value is -1.03. The molecule has 0 N–H and O–H groups in total. The van der Waals surface area contributed by atoms with E-state index in [9.17, 15) is 4.79 Å². The van der Waals surface area contributed by atoms with Crippen molar-refractivity contribution in [3.8, 4) is 5.75 Å². The van der Waals surface area contributed by atoms with E-state index >= 15 is 0 Å². The molecule has 0 spiro atoms. The SMILES string of the molecule is COc1cccc(CN(C)C(=O)CC23CC4CC(CC(Br)(C4)C2)C3)c1. The largest absolute Gasteiger partial charge is 0.497 e. The third-order valence-corrected chi connectivity index (χ3v) is 7.54.